The quantitative estimate of drug-likeness (QED) is 0.424. The second-order valence-corrected chi connectivity index (χ2v) is 7.16. The number of carbonyl (C=O) groups is 1. The summed E-state index contributed by atoms with van der Waals surface area (Å²) in [5, 5.41) is 17.6. The Bertz CT molecular complexity index is 1310. The van der Waals surface area contributed by atoms with Crippen molar-refractivity contribution in [1.82, 2.24) is 14.8 Å². The number of para-hydroxylation sites is 1. The SMILES string of the molecule is N#Cc1cnn(-c2ccc3ccccc3n2)c1NC(=O)c1c(Cl)ccc(Cl)c1Cl. The first-order valence-electron chi connectivity index (χ1n) is 8.28. The van der Waals surface area contributed by atoms with E-state index in [4.69, 9.17) is 34.8 Å². The Morgan fingerprint density at radius 2 is 1.79 bits per heavy atom. The number of hydrogen-bond acceptors (Lipinski definition) is 4. The number of carbonyl (C=O) groups excluding carboxylic acids is 1. The molecule has 0 fully saturated rings. The molecule has 6 nitrogen and oxygen atoms in total. The number of nitriles is 1. The molecule has 0 aliphatic rings. The fraction of sp³-hybridized carbons (Fsp3) is 0. The minimum Gasteiger partial charge on any atom is -0.305 e. The summed E-state index contributed by atoms with van der Waals surface area (Å²) in [6.07, 6.45) is 1.34. The first-order valence-corrected chi connectivity index (χ1v) is 9.42. The van der Waals surface area contributed by atoms with Crippen LogP contribution in [0.3, 0.4) is 0 Å². The van der Waals surface area contributed by atoms with Crippen LogP contribution in [0.1, 0.15) is 15.9 Å². The van der Waals surface area contributed by atoms with Crippen LogP contribution in [-0.2, 0) is 0 Å². The van der Waals surface area contributed by atoms with E-state index in [1.807, 2.05) is 36.4 Å². The van der Waals surface area contributed by atoms with E-state index in [1.165, 1.54) is 23.0 Å². The first-order chi connectivity index (χ1) is 14.0. The first kappa shape index (κ1) is 19.2. The van der Waals surface area contributed by atoms with Gasteiger partial charge in [0.1, 0.15) is 11.6 Å². The zero-order chi connectivity index (χ0) is 20.5. The number of pyridine rings is 1. The highest BCUT2D eigenvalue weighted by Gasteiger charge is 2.22. The molecule has 0 aliphatic heterocycles. The molecule has 1 amide bonds. The number of benzene rings is 2. The van der Waals surface area contributed by atoms with E-state index in [0.29, 0.717) is 5.82 Å². The second kappa shape index (κ2) is 7.72. The van der Waals surface area contributed by atoms with Gasteiger partial charge in [0.05, 0.1) is 32.3 Å². The van der Waals surface area contributed by atoms with Gasteiger partial charge in [-0.15, -0.1) is 0 Å². The minimum atomic E-state index is -0.624. The highest BCUT2D eigenvalue weighted by molar-refractivity contribution is 6.46. The van der Waals surface area contributed by atoms with Crippen molar-refractivity contribution in [2.75, 3.05) is 5.32 Å². The number of fused-ring (bicyclic) bond motifs is 1. The standard InChI is InChI=1S/C20H10Cl3N5O/c21-13-6-7-14(22)18(23)17(13)20(29)27-19-12(9-24)10-25-28(19)16-8-5-11-3-1-2-4-15(11)26-16/h1-8,10H,(H,27,29). The molecule has 2 aromatic heterocycles. The van der Waals surface area contributed by atoms with E-state index in [0.717, 1.165) is 10.9 Å². The molecule has 29 heavy (non-hydrogen) atoms. The van der Waals surface area contributed by atoms with Crippen LogP contribution in [0.4, 0.5) is 5.82 Å². The van der Waals surface area contributed by atoms with Gasteiger partial charge in [-0.05, 0) is 30.3 Å². The van der Waals surface area contributed by atoms with E-state index < -0.39 is 5.91 Å². The van der Waals surface area contributed by atoms with E-state index in [9.17, 15) is 10.1 Å². The Morgan fingerprint density at radius 3 is 2.59 bits per heavy atom. The summed E-state index contributed by atoms with van der Waals surface area (Å²) in [7, 11) is 0. The lowest BCUT2D eigenvalue weighted by Gasteiger charge is -2.12. The van der Waals surface area contributed by atoms with Crippen LogP contribution in [0.5, 0.6) is 0 Å². The van der Waals surface area contributed by atoms with Gasteiger partial charge in [0, 0.05) is 5.39 Å². The van der Waals surface area contributed by atoms with Crippen LogP contribution in [-0.4, -0.2) is 20.7 Å². The molecule has 0 aliphatic carbocycles. The van der Waals surface area contributed by atoms with Gasteiger partial charge in [-0.2, -0.15) is 15.0 Å². The summed E-state index contributed by atoms with van der Waals surface area (Å²) in [6, 6.07) is 16.2. The predicted molar refractivity (Wildman–Crippen MR) is 113 cm³/mol. The molecule has 4 aromatic rings. The lowest BCUT2D eigenvalue weighted by atomic mass is 10.2. The van der Waals surface area contributed by atoms with Crippen molar-refractivity contribution in [2.24, 2.45) is 0 Å². The average Bonchev–Trinajstić information content (AvgIpc) is 3.13. The van der Waals surface area contributed by atoms with E-state index in [1.54, 1.807) is 6.07 Å². The highest BCUT2D eigenvalue weighted by Crippen LogP contribution is 2.32. The maximum absolute atomic E-state index is 12.9. The number of aromatic nitrogens is 3. The third-order valence-corrected chi connectivity index (χ3v) is 5.31. The van der Waals surface area contributed by atoms with Gasteiger partial charge in [0.15, 0.2) is 11.6 Å². The van der Waals surface area contributed by atoms with Crippen molar-refractivity contribution < 1.29 is 4.79 Å². The number of rotatable bonds is 3. The van der Waals surface area contributed by atoms with E-state index in [2.05, 4.69) is 15.4 Å². The molecule has 2 heterocycles. The third kappa shape index (κ3) is 3.52. The summed E-state index contributed by atoms with van der Waals surface area (Å²) in [6.45, 7) is 0. The topological polar surface area (TPSA) is 83.6 Å². The van der Waals surface area contributed by atoms with E-state index in [-0.39, 0.29) is 32.0 Å². The average molecular weight is 443 g/mol. The lowest BCUT2D eigenvalue weighted by Crippen LogP contribution is -2.17. The largest absolute Gasteiger partial charge is 0.305 e. The molecule has 0 unspecified atom stereocenters. The molecule has 0 spiro atoms. The van der Waals surface area contributed by atoms with Gasteiger partial charge in [-0.25, -0.2) is 4.98 Å². The highest BCUT2D eigenvalue weighted by atomic mass is 35.5. The summed E-state index contributed by atoms with van der Waals surface area (Å²) in [5.41, 5.74) is 0.906. The number of halogens is 3. The van der Waals surface area contributed by atoms with Gasteiger partial charge >= 0.3 is 0 Å². The summed E-state index contributed by atoms with van der Waals surface area (Å²) < 4.78 is 1.37. The third-order valence-electron chi connectivity index (χ3n) is 4.19. The Kier molecular flexibility index (Phi) is 5.12. The van der Waals surface area contributed by atoms with Gasteiger partial charge < -0.3 is 5.32 Å². The molecule has 0 saturated carbocycles. The molecule has 2 aromatic carbocycles. The van der Waals surface area contributed by atoms with E-state index >= 15 is 0 Å². The van der Waals surface area contributed by atoms with Gasteiger partial charge in [0.2, 0.25) is 0 Å². The fourth-order valence-corrected chi connectivity index (χ4v) is 3.50. The molecule has 0 saturated heterocycles. The number of anilines is 1. The number of amides is 1. The number of nitrogens with zero attached hydrogens (tertiary/aromatic N) is 4. The molecule has 0 bridgehead atoms. The maximum Gasteiger partial charge on any atom is 0.259 e. The lowest BCUT2D eigenvalue weighted by molar-refractivity contribution is 0.102. The van der Waals surface area contributed by atoms with Crippen molar-refractivity contribution in [3.05, 3.63) is 80.9 Å². The predicted octanol–water partition coefficient (Wildman–Crippen LogP) is 5.50. The summed E-state index contributed by atoms with van der Waals surface area (Å²) >= 11 is 18.3. The minimum absolute atomic E-state index is 0.00365. The van der Waals surface area contributed by atoms with Crippen molar-refractivity contribution >= 4 is 57.4 Å². The Labute approximate surface area is 180 Å². The second-order valence-electron chi connectivity index (χ2n) is 5.96. The zero-order valence-corrected chi connectivity index (χ0v) is 16.8. The molecular formula is C20H10Cl3N5O. The summed E-state index contributed by atoms with van der Waals surface area (Å²) in [5.74, 6) is -0.0438. The van der Waals surface area contributed by atoms with Crippen LogP contribution in [0.2, 0.25) is 15.1 Å². The molecule has 1 N–H and O–H groups in total. The van der Waals surface area contributed by atoms with Crippen LogP contribution in [0.25, 0.3) is 16.7 Å². The smallest absolute Gasteiger partial charge is 0.259 e. The van der Waals surface area contributed by atoms with Crippen LogP contribution in [0, 0.1) is 11.3 Å². The molecular weight excluding hydrogens is 433 g/mol. The van der Waals surface area contributed by atoms with Crippen LogP contribution in [0.15, 0.2) is 54.7 Å². The van der Waals surface area contributed by atoms with Gasteiger partial charge in [0.25, 0.3) is 5.91 Å². The maximum atomic E-state index is 12.9. The normalized spacial score (nSPS) is 10.7. The molecule has 0 radical (unpaired) electrons. The van der Waals surface area contributed by atoms with Crippen molar-refractivity contribution in [3.63, 3.8) is 0 Å². The van der Waals surface area contributed by atoms with Crippen LogP contribution >= 0.6 is 34.8 Å². The van der Waals surface area contributed by atoms with Crippen molar-refractivity contribution in [1.29, 1.82) is 5.26 Å². The van der Waals surface area contributed by atoms with Crippen molar-refractivity contribution in [2.45, 2.75) is 0 Å². The fourth-order valence-electron chi connectivity index (χ4n) is 2.80. The Hall–Kier alpha value is -3.11. The molecule has 0 atom stereocenters. The zero-order valence-electron chi connectivity index (χ0n) is 14.5. The summed E-state index contributed by atoms with van der Waals surface area (Å²) in [4.78, 5) is 17.4. The van der Waals surface area contributed by atoms with Gasteiger partial charge in [-0.1, -0.05) is 53.0 Å². The van der Waals surface area contributed by atoms with Crippen LogP contribution < -0.4 is 5.32 Å². The molecule has 142 valence electrons. The van der Waals surface area contributed by atoms with Crippen molar-refractivity contribution in [3.8, 4) is 11.9 Å². The number of hydrogen-bond donors (Lipinski definition) is 1. The monoisotopic (exact) mass is 441 g/mol. The van der Waals surface area contributed by atoms with Gasteiger partial charge in [-0.3, -0.25) is 4.79 Å². The molecule has 4 rings (SSSR count). The Morgan fingerprint density at radius 1 is 1.03 bits per heavy atom. The Balaban J connectivity index is 1.79. The number of nitrogens with one attached hydrogen (secondary N) is 1. The molecule has 9 heteroatoms.